The van der Waals surface area contributed by atoms with Gasteiger partial charge in [0.2, 0.25) is 0 Å². The van der Waals surface area contributed by atoms with E-state index in [2.05, 4.69) is 18.9 Å². The highest BCUT2D eigenvalue weighted by atomic mass is 16.5. The van der Waals surface area contributed by atoms with E-state index in [1.807, 2.05) is 0 Å². The van der Waals surface area contributed by atoms with Crippen molar-refractivity contribution in [3.05, 3.63) is 0 Å². The average molecular weight is 281 g/mol. The zero-order valence-electron chi connectivity index (χ0n) is 12.7. The molecule has 0 aromatic carbocycles. The molecule has 2 aliphatic carbocycles. The summed E-state index contributed by atoms with van der Waals surface area (Å²) in [6.45, 7) is 4.50. The molecule has 0 amide bonds. The van der Waals surface area contributed by atoms with Gasteiger partial charge in [0.05, 0.1) is 12.1 Å². The molecule has 0 aromatic heterocycles. The Balaban J connectivity index is 1.70. The van der Waals surface area contributed by atoms with Crippen molar-refractivity contribution in [1.82, 2.24) is 4.90 Å². The third kappa shape index (κ3) is 2.42. The largest absolute Gasteiger partial charge is 0.381 e. The van der Waals surface area contributed by atoms with Gasteiger partial charge in [0, 0.05) is 38.3 Å². The Morgan fingerprint density at radius 3 is 2.70 bits per heavy atom. The zero-order valence-corrected chi connectivity index (χ0v) is 12.7. The van der Waals surface area contributed by atoms with Gasteiger partial charge in [-0.3, -0.25) is 0 Å². The Morgan fingerprint density at radius 1 is 1.40 bits per heavy atom. The van der Waals surface area contributed by atoms with E-state index in [1.165, 1.54) is 12.8 Å². The first-order chi connectivity index (χ1) is 9.67. The SMILES string of the molecule is CCOC1CC(N=C(N)N(C)C2CC2)C12CCOCC2. The van der Waals surface area contributed by atoms with Gasteiger partial charge in [0.1, 0.15) is 0 Å². The predicted molar refractivity (Wildman–Crippen MR) is 78.7 cm³/mol. The topological polar surface area (TPSA) is 60.1 Å². The van der Waals surface area contributed by atoms with E-state index in [0.717, 1.165) is 39.1 Å². The fraction of sp³-hybridized carbons (Fsp3) is 0.933. The molecule has 1 aliphatic heterocycles. The molecule has 0 radical (unpaired) electrons. The van der Waals surface area contributed by atoms with Crippen LogP contribution in [0.1, 0.15) is 39.0 Å². The number of rotatable bonds is 4. The van der Waals surface area contributed by atoms with E-state index in [1.54, 1.807) is 0 Å². The second-order valence-electron chi connectivity index (χ2n) is 6.37. The maximum Gasteiger partial charge on any atom is 0.191 e. The van der Waals surface area contributed by atoms with Crippen LogP contribution in [0.3, 0.4) is 0 Å². The highest BCUT2D eigenvalue weighted by molar-refractivity contribution is 5.78. The molecule has 0 bridgehead atoms. The molecule has 1 spiro atoms. The van der Waals surface area contributed by atoms with Gasteiger partial charge in [-0.1, -0.05) is 0 Å². The number of nitrogens with zero attached hydrogens (tertiary/aromatic N) is 2. The highest BCUT2D eigenvalue weighted by Gasteiger charge is 2.56. The minimum atomic E-state index is 0.170. The van der Waals surface area contributed by atoms with Gasteiger partial charge in [0.25, 0.3) is 0 Å². The Hall–Kier alpha value is -0.810. The smallest absolute Gasteiger partial charge is 0.191 e. The summed E-state index contributed by atoms with van der Waals surface area (Å²) in [5, 5.41) is 0. The number of aliphatic imine (C=N–C) groups is 1. The monoisotopic (exact) mass is 281 g/mol. The van der Waals surface area contributed by atoms with Gasteiger partial charge in [-0.2, -0.15) is 0 Å². The average Bonchev–Trinajstić information content (AvgIpc) is 3.30. The molecule has 2 saturated carbocycles. The lowest BCUT2D eigenvalue weighted by atomic mass is 9.58. The molecular weight excluding hydrogens is 254 g/mol. The summed E-state index contributed by atoms with van der Waals surface area (Å²) in [6, 6.07) is 0.927. The van der Waals surface area contributed by atoms with Crippen molar-refractivity contribution in [3.8, 4) is 0 Å². The van der Waals surface area contributed by atoms with Gasteiger partial charge < -0.3 is 20.1 Å². The first-order valence-corrected chi connectivity index (χ1v) is 7.93. The molecule has 5 nitrogen and oxygen atoms in total. The number of guanidine groups is 1. The van der Waals surface area contributed by atoms with E-state index in [9.17, 15) is 0 Å². The Morgan fingerprint density at radius 2 is 2.10 bits per heavy atom. The molecule has 114 valence electrons. The molecule has 0 aromatic rings. The molecule has 3 fully saturated rings. The lowest BCUT2D eigenvalue weighted by Crippen LogP contribution is -2.60. The third-order valence-electron chi connectivity index (χ3n) is 5.28. The number of ether oxygens (including phenoxy) is 2. The third-order valence-corrected chi connectivity index (χ3v) is 5.28. The second kappa shape index (κ2) is 5.53. The summed E-state index contributed by atoms with van der Waals surface area (Å²) in [5.41, 5.74) is 6.35. The van der Waals surface area contributed by atoms with E-state index >= 15 is 0 Å². The highest BCUT2D eigenvalue weighted by Crippen LogP contribution is 2.52. The van der Waals surface area contributed by atoms with Gasteiger partial charge in [-0.05, 0) is 39.0 Å². The van der Waals surface area contributed by atoms with Crippen LogP contribution in [0.5, 0.6) is 0 Å². The maximum absolute atomic E-state index is 6.18. The van der Waals surface area contributed by atoms with E-state index in [-0.39, 0.29) is 5.41 Å². The predicted octanol–water partition coefficient (Wildman–Crippen LogP) is 1.37. The first-order valence-electron chi connectivity index (χ1n) is 7.93. The van der Waals surface area contributed by atoms with Crippen LogP contribution in [0, 0.1) is 5.41 Å². The first kappa shape index (κ1) is 14.1. The van der Waals surface area contributed by atoms with Crippen LogP contribution in [0.15, 0.2) is 4.99 Å². The summed E-state index contributed by atoms with van der Waals surface area (Å²) in [4.78, 5) is 6.98. The lowest BCUT2D eigenvalue weighted by molar-refractivity contribution is -0.163. The quantitative estimate of drug-likeness (QED) is 0.624. The van der Waals surface area contributed by atoms with Crippen LogP contribution < -0.4 is 5.73 Å². The van der Waals surface area contributed by atoms with Crippen molar-refractivity contribution in [3.63, 3.8) is 0 Å². The Labute approximate surface area is 121 Å². The van der Waals surface area contributed by atoms with Crippen molar-refractivity contribution in [2.75, 3.05) is 26.9 Å². The van der Waals surface area contributed by atoms with Crippen molar-refractivity contribution < 1.29 is 9.47 Å². The summed E-state index contributed by atoms with van der Waals surface area (Å²) >= 11 is 0. The van der Waals surface area contributed by atoms with Gasteiger partial charge >= 0.3 is 0 Å². The molecule has 2 unspecified atom stereocenters. The summed E-state index contributed by atoms with van der Waals surface area (Å²) in [6.07, 6.45) is 5.94. The normalized spacial score (nSPS) is 33.0. The maximum atomic E-state index is 6.18. The zero-order chi connectivity index (χ0) is 14.2. The Bertz CT molecular complexity index is 375. The molecule has 5 heteroatoms. The minimum Gasteiger partial charge on any atom is -0.381 e. The van der Waals surface area contributed by atoms with Crippen LogP contribution in [0.2, 0.25) is 0 Å². The fourth-order valence-electron chi connectivity index (χ4n) is 3.65. The van der Waals surface area contributed by atoms with Crippen LogP contribution >= 0.6 is 0 Å². The van der Waals surface area contributed by atoms with Crippen molar-refractivity contribution in [1.29, 1.82) is 0 Å². The van der Waals surface area contributed by atoms with E-state index in [4.69, 9.17) is 20.2 Å². The van der Waals surface area contributed by atoms with Gasteiger partial charge in [-0.15, -0.1) is 0 Å². The Kier molecular flexibility index (Phi) is 3.91. The molecule has 3 rings (SSSR count). The minimum absolute atomic E-state index is 0.170. The van der Waals surface area contributed by atoms with Crippen LogP contribution in [-0.2, 0) is 9.47 Å². The summed E-state index contributed by atoms with van der Waals surface area (Å²) in [7, 11) is 2.06. The van der Waals surface area contributed by atoms with E-state index < -0.39 is 0 Å². The lowest BCUT2D eigenvalue weighted by Gasteiger charge is -2.55. The standard InChI is InChI=1S/C15H27N3O2/c1-3-20-13-10-12(15(13)6-8-19-9-7-15)17-14(16)18(2)11-4-5-11/h11-13H,3-10H2,1-2H3,(H2,16,17). The summed E-state index contributed by atoms with van der Waals surface area (Å²) < 4.78 is 11.5. The second-order valence-corrected chi connectivity index (χ2v) is 6.37. The number of hydrogen-bond donors (Lipinski definition) is 1. The molecule has 1 saturated heterocycles. The molecule has 3 aliphatic rings. The van der Waals surface area contributed by atoms with Crippen LogP contribution in [0.25, 0.3) is 0 Å². The van der Waals surface area contributed by atoms with Crippen LogP contribution in [-0.4, -0.2) is 55.9 Å². The number of nitrogens with two attached hydrogens (primary N) is 1. The molecule has 1 heterocycles. The van der Waals surface area contributed by atoms with Gasteiger partial charge in [-0.25, -0.2) is 4.99 Å². The van der Waals surface area contributed by atoms with E-state index in [0.29, 0.717) is 24.1 Å². The van der Waals surface area contributed by atoms with Crippen molar-refractivity contribution >= 4 is 5.96 Å². The van der Waals surface area contributed by atoms with Crippen LogP contribution in [0.4, 0.5) is 0 Å². The van der Waals surface area contributed by atoms with Crippen molar-refractivity contribution in [2.24, 2.45) is 16.1 Å². The molecular formula is C15H27N3O2. The molecule has 2 atom stereocenters. The molecule has 2 N–H and O–H groups in total. The number of hydrogen-bond acceptors (Lipinski definition) is 3. The van der Waals surface area contributed by atoms with Crippen molar-refractivity contribution in [2.45, 2.75) is 57.2 Å². The van der Waals surface area contributed by atoms with Gasteiger partial charge in [0.15, 0.2) is 5.96 Å². The summed E-state index contributed by atoms with van der Waals surface area (Å²) in [5.74, 6) is 0.707. The fourth-order valence-corrected chi connectivity index (χ4v) is 3.65. The molecule has 20 heavy (non-hydrogen) atoms.